The zero-order valence-electron chi connectivity index (χ0n) is 12.8. The fraction of sp³-hybridized carbons (Fsp3) is 0.562. The summed E-state index contributed by atoms with van der Waals surface area (Å²) in [6, 6.07) is 0.424. The minimum atomic E-state index is 0.424. The molecule has 6 nitrogen and oxygen atoms in total. The van der Waals surface area contributed by atoms with Crippen LogP contribution in [-0.2, 0) is 4.74 Å². The van der Waals surface area contributed by atoms with E-state index in [-0.39, 0.29) is 0 Å². The normalized spacial score (nSPS) is 25.1. The van der Waals surface area contributed by atoms with Crippen LogP contribution in [0.4, 0.5) is 5.82 Å². The molecule has 4 rings (SSSR count). The second-order valence-electron chi connectivity index (χ2n) is 6.22. The molecule has 3 heterocycles. The number of aromatic nitrogens is 4. The highest BCUT2D eigenvalue weighted by Crippen LogP contribution is 2.38. The topological polar surface area (TPSA) is 64.9 Å². The lowest BCUT2D eigenvalue weighted by atomic mass is 10.0. The molecule has 2 aliphatic rings. The SMILES string of the molecule is Cc1nccn1-c1cncc(NC2CCOC(C3CC3)C2)n1. The summed E-state index contributed by atoms with van der Waals surface area (Å²) in [7, 11) is 0. The van der Waals surface area contributed by atoms with Crippen molar-refractivity contribution in [1.82, 2.24) is 19.5 Å². The summed E-state index contributed by atoms with van der Waals surface area (Å²) in [5, 5.41) is 3.53. The van der Waals surface area contributed by atoms with Crippen molar-refractivity contribution in [3.8, 4) is 5.82 Å². The van der Waals surface area contributed by atoms with E-state index >= 15 is 0 Å². The van der Waals surface area contributed by atoms with Crippen LogP contribution in [0.5, 0.6) is 0 Å². The molecule has 0 spiro atoms. The Morgan fingerprint density at radius 3 is 2.95 bits per heavy atom. The molecule has 1 saturated carbocycles. The molecule has 116 valence electrons. The Labute approximate surface area is 130 Å². The molecule has 6 heteroatoms. The second-order valence-corrected chi connectivity index (χ2v) is 6.22. The Hall–Kier alpha value is -1.95. The Balaban J connectivity index is 1.47. The summed E-state index contributed by atoms with van der Waals surface area (Å²) in [5.74, 6) is 3.32. The third kappa shape index (κ3) is 2.83. The lowest BCUT2D eigenvalue weighted by molar-refractivity contribution is -0.00223. The van der Waals surface area contributed by atoms with Gasteiger partial charge in [0.05, 0.1) is 18.5 Å². The lowest BCUT2D eigenvalue weighted by Gasteiger charge is -2.30. The van der Waals surface area contributed by atoms with Gasteiger partial charge in [-0.1, -0.05) is 0 Å². The van der Waals surface area contributed by atoms with Crippen molar-refractivity contribution in [1.29, 1.82) is 0 Å². The van der Waals surface area contributed by atoms with Gasteiger partial charge in [-0.05, 0) is 38.5 Å². The van der Waals surface area contributed by atoms with Crippen LogP contribution in [0.3, 0.4) is 0 Å². The van der Waals surface area contributed by atoms with Crippen LogP contribution in [0.1, 0.15) is 31.5 Å². The number of nitrogens with one attached hydrogen (secondary N) is 1. The first-order valence-electron chi connectivity index (χ1n) is 8.00. The van der Waals surface area contributed by atoms with Gasteiger partial charge in [-0.15, -0.1) is 0 Å². The summed E-state index contributed by atoms with van der Waals surface area (Å²) in [5.41, 5.74) is 0. The number of rotatable bonds is 4. The van der Waals surface area contributed by atoms with Crippen LogP contribution in [0.2, 0.25) is 0 Å². The third-order valence-corrected chi connectivity index (χ3v) is 4.51. The van der Waals surface area contributed by atoms with Gasteiger partial charge >= 0.3 is 0 Å². The zero-order valence-corrected chi connectivity index (χ0v) is 12.8. The average molecular weight is 299 g/mol. The molecule has 22 heavy (non-hydrogen) atoms. The Bertz CT molecular complexity index is 651. The summed E-state index contributed by atoms with van der Waals surface area (Å²) in [6.07, 6.45) is 12.4. The molecule has 0 radical (unpaired) electrons. The van der Waals surface area contributed by atoms with Crippen LogP contribution >= 0.6 is 0 Å². The van der Waals surface area contributed by atoms with Gasteiger partial charge in [0, 0.05) is 25.0 Å². The fourth-order valence-corrected chi connectivity index (χ4v) is 3.13. The van der Waals surface area contributed by atoms with E-state index in [0.29, 0.717) is 12.1 Å². The molecule has 2 unspecified atom stereocenters. The fourth-order valence-electron chi connectivity index (χ4n) is 3.13. The quantitative estimate of drug-likeness (QED) is 0.938. The van der Waals surface area contributed by atoms with Gasteiger partial charge < -0.3 is 10.1 Å². The monoisotopic (exact) mass is 299 g/mol. The van der Waals surface area contributed by atoms with Crippen molar-refractivity contribution < 1.29 is 4.74 Å². The van der Waals surface area contributed by atoms with Crippen LogP contribution in [0.25, 0.3) is 5.82 Å². The van der Waals surface area contributed by atoms with E-state index in [1.807, 2.05) is 17.7 Å². The van der Waals surface area contributed by atoms with E-state index in [1.165, 1.54) is 12.8 Å². The van der Waals surface area contributed by atoms with Crippen LogP contribution in [0.15, 0.2) is 24.8 Å². The maximum absolute atomic E-state index is 5.88. The van der Waals surface area contributed by atoms with E-state index in [2.05, 4.69) is 20.3 Å². The van der Waals surface area contributed by atoms with Gasteiger partial charge in [-0.2, -0.15) is 0 Å². The van der Waals surface area contributed by atoms with Gasteiger partial charge in [-0.25, -0.2) is 9.97 Å². The Morgan fingerprint density at radius 2 is 2.18 bits per heavy atom. The van der Waals surface area contributed by atoms with Crippen molar-refractivity contribution in [3.05, 3.63) is 30.6 Å². The number of anilines is 1. The highest BCUT2D eigenvalue weighted by molar-refractivity contribution is 5.37. The number of imidazole rings is 1. The first-order chi connectivity index (χ1) is 10.8. The van der Waals surface area contributed by atoms with Gasteiger partial charge in [0.25, 0.3) is 0 Å². The number of hydrogen-bond acceptors (Lipinski definition) is 5. The molecule has 2 fully saturated rings. The first kappa shape index (κ1) is 13.7. The number of nitrogens with zero attached hydrogens (tertiary/aromatic N) is 4. The highest BCUT2D eigenvalue weighted by atomic mass is 16.5. The minimum Gasteiger partial charge on any atom is -0.378 e. The Kier molecular flexibility index (Phi) is 3.54. The van der Waals surface area contributed by atoms with Gasteiger partial charge in [-0.3, -0.25) is 9.55 Å². The van der Waals surface area contributed by atoms with Crippen molar-refractivity contribution in [2.24, 2.45) is 5.92 Å². The van der Waals surface area contributed by atoms with E-state index in [4.69, 9.17) is 4.74 Å². The zero-order chi connectivity index (χ0) is 14.9. The lowest BCUT2D eigenvalue weighted by Crippen LogP contribution is -2.35. The number of hydrogen-bond donors (Lipinski definition) is 1. The number of aryl methyl sites for hydroxylation is 1. The molecule has 2 aromatic heterocycles. The predicted molar refractivity (Wildman–Crippen MR) is 83.0 cm³/mol. The van der Waals surface area contributed by atoms with Crippen LogP contribution in [-0.4, -0.2) is 38.3 Å². The largest absolute Gasteiger partial charge is 0.378 e. The minimum absolute atomic E-state index is 0.424. The van der Waals surface area contributed by atoms with Crippen LogP contribution < -0.4 is 5.32 Å². The molecular weight excluding hydrogens is 278 g/mol. The summed E-state index contributed by atoms with van der Waals surface area (Å²) in [4.78, 5) is 13.2. The van der Waals surface area contributed by atoms with Crippen molar-refractivity contribution in [2.45, 2.75) is 44.8 Å². The summed E-state index contributed by atoms with van der Waals surface area (Å²) >= 11 is 0. The van der Waals surface area contributed by atoms with Crippen LogP contribution in [0, 0.1) is 12.8 Å². The van der Waals surface area contributed by atoms with Crippen molar-refractivity contribution in [3.63, 3.8) is 0 Å². The van der Waals surface area contributed by atoms with E-state index in [9.17, 15) is 0 Å². The standard InChI is InChI=1S/C16H21N5O/c1-11-18-5-6-21(11)16-10-17-9-15(20-16)19-13-4-7-22-14(8-13)12-2-3-12/h5-6,9-10,12-14H,2-4,7-8H2,1H3,(H,19,20). The smallest absolute Gasteiger partial charge is 0.159 e. The molecule has 1 saturated heterocycles. The molecule has 0 aromatic carbocycles. The summed E-state index contributed by atoms with van der Waals surface area (Å²) < 4.78 is 7.82. The molecule has 2 atom stereocenters. The van der Waals surface area contributed by atoms with Gasteiger partial charge in [0.15, 0.2) is 5.82 Å². The first-order valence-corrected chi connectivity index (χ1v) is 8.00. The van der Waals surface area contributed by atoms with Crippen molar-refractivity contribution in [2.75, 3.05) is 11.9 Å². The van der Waals surface area contributed by atoms with Gasteiger partial charge in [0.1, 0.15) is 11.6 Å². The highest BCUT2D eigenvalue weighted by Gasteiger charge is 2.35. The average Bonchev–Trinajstić information content (AvgIpc) is 3.30. The van der Waals surface area contributed by atoms with E-state index in [1.54, 1.807) is 18.6 Å². The van der Waals surface area contributed by atoms with Gasteiger partial charge in [0.2, 0.25) is 0 Å². The molecule has 2 aromatic rings. The van der Waals surface area contributed by atoms with Crippen molar-refractivity contribution >= 4 is 5.82 Å². The third-order valence-electron chi connectivity index (χ3n) is 4.51. The molecule has 1 N–H and O–H groups in total. The number of ether oxygens (including phenoxy) is 1. The molecule has 0 bridgehead atoms. The maximum atomic E-state index is 5.88. The molecule has 0 amide bonds. The predicted octanol–water partition coefficient (Wildman–Crippen LogP) is 2.34. The maximum Gasteiger partial charge on any atom is 0.159 e. The molecule has 1 aliphatic carbocycles. The molecular formula is C16H21N5O. The van der Waals surface area contributed by atoms with E-state index in [0.717, 1.165) is 42.8 Å². The Morgan fingerprint density at radius 1 is 1.27 bits per heavy atom. The second kappa shape index (κ2) is 5.68. The molecule has 1 aliphatic heterocycles. The summed E-state index contributed by atoms with van der Waals surface area (Å²) in [6.45, 7) is 2.80. The van der Waals surface area contributed by atoms with E-state index < -0.39 is 0 Å².